The summed E-state index contributed by atoms with van der Waals surface area (Å²) in [4.78, 5) is 16.5. The average molecular weight is 334 g/mol. The molecule has 124 valence electrons. The molecule has 0 radical (unpaired) electrons. The van der Waals surface area contributed by atoms with E-state index in [1.807, 2.05) is 24.3 Å². The Hall–Kier alpha value is -2.83. The number of fused-ring (bicyclic) bond motifs is 1. The van der Waals surface area contributed by atoms with Gasteiger partial charge in [-0.1, -0.05) is 35.5 Å². The van der Waals surface area contributed by atoms with Gasteiger partial charge in [-0.25, -0.2) is 4.79 Å². The first kappa shape index (κ1) is 16.0. The van der Waals surface area contributed by atoms with E-state index < -0.39 is 17.8 Å². The molecule has 0 saturated carbocycles. The van der Waals surface area contributed by atoms with E-state index in [-0.39, 0.29) is 5.69 Å². The lowest BCUT2D eigenvalue weighted by molar-refractivity contribution is -0.137. The quantitative estimate of drug-likeness (QED) is 0.644. The Balaban J connectivity index is 1.66. The third-order valence-electron chi connectivity index (χ3n) is 3.63. The number of rotatable bonds is 2. The van der Waals surface area contributed by atoms with Gasteiger partial charge < -0.3 is 0 Å². The van der Waals surface area contributed by atoms with Crippen LogP contribution >= 0.6 is 0 Å². The van der Waals surface area contributed by atoms with E-state index in [2.05, 4.69) is 10.5 Å². The summed E-state index contributed by atoms with van der Waals surface area (Å²) in [7, 11) is 0. The summed E-state index contributed by atoms with van der Waals surface area (Å²) in [6, 6.07) is 11.9. The van der Waals surface area contributed by atoms with E-state index in [4.69, 9.17) is 4.84 Å². The minimum Gasteiger partial charge on any atom is -0.297 e. The van der Waals surface area contributed by atoms with Crippen molar-refractivity contribution in [3.8, 4) is 0 Å². The maximum atomic E-state index is 12.6. The summed E-state index contributed by atoms with van der Waals surface area (Å²) in [5.74, 6) is 0. The largest absolute Gasteiger partial charge is 0.437 e. The molecule has 0 aliphatic heterocycles. The lowest BCUT2D eigenvalue weighted by atomic mass is 10.1. The molecule has 3 rings (SSSR count). The normalized spacial score (nSPS) is 15.2. The number of nitrogens with zero attached hydrogens (tertiary/aromatic N) is 1. The van der Waals surface area contributed by atoms with Crippen molar-refractivity contribution >= 4 is 17.5 Å². The first-order valence-electron chi connectivity index (χ1n) is 7.24. The van der Waals surface area contributed by atoms with Crippen LogP contribution in [0.25, 0.3) is 0 Å². The van der Waals surface area contributed by atoms with E-state index in [1.54, 1.807) is 0 Å². The molecular formula is C17H13F3N2O2. The lowest BCUT2D eigenvalue weighted by Gasteiger charge is -2.09. The number of halogens is 3. The van der Waals surface area contributed by atoms with Crippen molar-refractivity contribution < 1.29 is 22.8 Å². The van der Waals surface area contributed by atoms with Gasteiger partial charge in [-0.3, -0.25) is 10.2 Å². The Bertz CT molecular complexity index is 800. The monoisotopic (exact) mass is 334 g/mol. The summed E-state index contributed by atoms with van der Waals surface area (Å²) >= 11 is 0. The highest BCUT2D eigenvalue weighted by Gasteiger charge is 2.30. The van der Waals surface area contributed by atoms with Crippen LogP contribution in [0.5, 0.6) is 0 Å². The van der Waals surface area contributed by atoms with Gasteiger partial charge in [-0.15, -0.1) is 0 Å². The predicted molar refractivity (Wildman–Crippen MR) is 82.8 cm³/mol. The molecule has 1 aliphatic rings. The third-order valence-corrected chi connectivity index (χ3v) is 3.63. The minimum atomic E-state index is -4.48. The Morgan fingerprint density at radius 3 is 2.67 bits per heavy atom. The van der Waals surface area contributed by atoms with Crippen LogP contribution in [-0.4, -0.2) is 11.8 Å². The van der Waals surface area contributed by atoms with Gasteiger partial charge >= 0.3 is 12.3 Å². The molecule has 2 aromatic carbocycles. The van der Waals surface area contributed by atoms with E-state index in [0.717, 1.165) is 29.7 Å². The molecular weight excluding hydrogens is 321 g/mol. The van der Waals surface area contributed by atoms with Crippen LogP contribution in [0.2, 0.25) is 0 Å². The highest BCUT2D eigenvalue weighted by atomic mass is 19.4. The average Bonchev–Trinajstić information content (AvgIpc) is 2.96. The lowest BCUT2D eigenvalue weighted by Crippen LogP contribution is -2.13. The van der Waals surface area contributed by atoms with Gasteiger partial charge in [0, 0.05) is 11.3 Å². The Morgan fingerprint density at radius 2 is 1.88 bits per heavy atom. The van der Waals surface area contributed by atoms with Crippen LogP contribution in [0.3, 0.4) is 0 Å². The molecule has 0 saturated heterocycles. The van der Waals surface area contributed by atoms with Crippen LogP contribution < -0.4 is 5.32 Å². The number of anilines is 1. The van der Waals surface area contributed by atoms with E-state index >= 15 is 0 Å². The van der Waals surface area contributed by atoms with E-state index in [1.165, 1.54) is 12.1 Å². The number of oxime groups is 1. The number of hydrogen-bond acceptors (Lipinski definition) is 3. The molecule has 1 aliphatic carbocycles. The first-order chi connectivity index (χ1) is 11.4. The Kier molecular flexibility index (Phi) is 4.24. The fourth-order valence-corrected chi connectivity index (χ4v) is 2.51. The van der Waals surface area contributed by atoms with Gasteiger partial charge in [0.05, 0.1) is 11.3 Å². The molecule has 0 fully saturated rings. The highest BCUT2D eigenvalue weighted by Crippen LogP contribution is 2.30. The van der Waals surface area contributed by atoms with Crippen molar-refractivity contribution in [3.63, 3.8) is 0 Å². The minimum absolute atomic E-state index is 0.0122. The molecule has 0 unspecified atom stereocenters. The SMILES string of the molecule is O=C(Nc1cccc(C(F)(F)F)c1)ON=C1CCc2ccccc21. The van der Waals surface area contributed by atoms with Crippen molar-refractivity contribution in [1.29, 1.82) is 0 Å². The summed E-state index contributed by atoms with van der Waals surface area (Å²) < 4.78 is 37.9. The predicted octanol–water partition coefficient (Wildman–Crippen LogP) is 4.60. The van der Waals surface area contributed by atoms with Crippen LogP contribution in [0, 0.1) is 0 Å². The second kappa shape index (κ2) is 6.35. The van der Waals surface area contributed by atoms with Crippen LogP contribution in [-0.2, 0) is 17.4 Å². The van der Waals surface area contributed by atoms with Gasteiger partial charge in [0.2, 0.25) is 0 Å². The summed E-state index contributed by atoms with van der Waals surface area (Å²) in [5, 5.41) is 6.05. The molecule has 0 atom stereocenters. The van der Waals surface area contributed by atoms with Crippen LogP contribution in [0.4, 0.5) is 23.7 Å². The molecule has 1 amide bonds. The van der Waals surface area contributed by atoms with Crippen molar-refractivity contribution in [2.45, 2.75) is 19.0 Å². The number of aryl methyl sites for hydroxylation is 1. The summed E-state index contributed by atoms with van der Waals surface area (Å²) in [6.07, 6.45) is -3.95. The number of hydrogen-bond donors (Lipinski definition) is 1. The topological polar surface area (TPSA) is 50.7 Å². The van der Waals surface area contributed by atoms with Crippen molar-refractivity contribution in [1.82, 2.24) is 0 Å². The number of amides is 1. The fourth-order valence-electron chi connectivity index (χ4n) is 2.51. The number of benzene rings is 2. The van der Waals surface area contributed by atoms with Gasteiger partial charge in [0.15, 0.2) is 0 Å². The van der Waals surface area contributed by atoms with Crippen LogP contribution in [0.1, 0.15) is 23.1 Å². The fraction of sp³-hybridized carbons (Fsp3) is 0.176. The Labute approximate surface area is 135 Å². The van der Waals surface area contributed by atoms with Gasteiger partial charge in [-0.2, -0.15) is 13.2 Å². The first-order valence-corrected chi connectivity index (χ1v) is 7.24. The second-order valence-corrected chi connectivity index (χ2v) is 5.28. The van der Waals surface area contributed by atoms with Gasteiger partial charge in [0.25, 0.3) is 0 Å². The second-order valence-electron chi connectivity index (χ2n) is 5.28. The molecule has 0 aromatic heterocycles. The zero-order valence-electron chi connectivity index (χ0n) is 12.4. The maximum Gasteiger partial charge on any atom is 0.437 e. The number of carbonyl (C=O) groups is 1. The Morgan fingerprint density at radius 1 is 1.08 bits per heavy atom. The standard InChI is InChI=1S/C17H13F3N2O2/c18-17(19,20)12-5-3-6-13(10-12)21-16(23)24-22-15-9-8-11-4-1-2-7-14(11)15/h1-7,10H,8-9H2,(H,21,23). The summed E-state index contributed by atoms with van der Waals surface area (Å²) in [6.45, 7) is 0. The van der Waals surface area contributed by atoms with Gasteiger partial charge in [-0.05, 0) is 36.6 Å². The van der Waals surface area contributed by atoms with Gasteiger partial charge in [0.1, 0.15) is 0 Å². The van der Waals surface area contributed by atoms with Crippen molar-refractivity contribution in [2.75, 3.05) is 5.32 Å². The van der Waals surface area contributed by atoms with E-state index in [9.17, 15) is 18.0 Å². The number of nitrogens with one attached hydrogen (secondary N) is 1. The van der Waals surface area contributed by atoms with Crippen molar-refractivity contribution in [3.05, 3.63) is 65.2 Å². The zero-order chi connectivity index (χ0) is 17.2. The highest BCUT2D eigenvalue weighted by molar-refractivity contribution is 6.04. The molecule has 7 heteroatoms. The molecule has 0 heterocycles. The zero-order valence-corrected chi connectivity index (χ0v) is 12.4. The maximum absolute atomic E-state index is 12.6. The number of carbonyl (C=O) groups excluding carboxylic acids is 1. The smallest absolute Gasteiger partial charge is 0.297 e. The van der Waals surface area contributed by atoms with Crippen LogP contribution in [0.15, 0.2) is 53.7 Å². The molecule has 24 heavy (non-hydrogen) atoms. The van der Waals surface area contributed by atoms with E-state index in [0.29, 0.717) is 12.1 Å². The van der Waals surface area contributed by atoms with Crippen molar-refractivity contribution in [2.24, 2.45) is 5.16 Å². The molecule has 0 spiro atoms. The number of alkyl halides is 3. The molecule has 0 bridgehead atoms. The molecule has 2 aromatic rings. The molecule has 1 N–H and O–H groups in total. The summed E-state index contributed by atoms with van der Waals surface area (Å²) in [5.41, 5.74) is 1.82. The third kappa shape index (κ3) is 3.56. The molecule has 4 nitrogen and oxygen atoms in total.